The highest BCUT2D eigenvalue weighted by molar-refractivity contribution is 5.99. The highest BCUT2D eigenvalue weighted by Crippen LogP contribution is 2.19. The van der Waals surface area contributed by atoms with E-state index in [1.165, 1.54) is 0 Å². The Hall–Kier alpha value is -2.02. The molecule has 0 aliphatic heterocycles. The van der Waals surface area contributed by atoms with E-state index in [1.807, 2.05) is 38.1 Å². The van der Waals surface area contributed by atoms with Gasteiger partial charge in [-0.2, -0.15) is 5.26 Å². The Morgan fingerprint density at radius 3 is 2.52 bits per heavy atom. The number of nitrogens with one attached hydrogen (secondary N) is 1. The van der Waals surface area contributed by atoms with Crippen molar-refractivity contribution in [2.24, 2.45) is 5.92 Å². The van der Waals surface area contributed by atoms with Crippen molar-refractivity contribution >= 4 is 11.6 Å². The third-order valence-corrected chi connectivity index (χ3v) is 2.97. The van der Waals surface area contributed by atoms with E-state index in [2.05, 4.69) is 25.2 Å². The minimum absolute atomic E-state index is 0.0114. The van der Waals surface area contributed by atoms with Gasteiger partial charge in [0.25, 0.3) is 5.91 Å². The summed E-state index contributed by atoms with van der Waals surface area (Å²) < 4.78 is 0. The van der Waals surface area contributed by atoms with Crippen molar-refractivity contribution in [2.45, 2.75) is 40.2 Å². The first-order chi connectivity index (χ1) is 9.95. The average Bonchev–Trinajstić information content (AvgIpc) is 2.42. The van der Waals surface area contributed by atoms with Gasteiger partial charge in [-0.1, -0.05) is 26.0 Å². The molecule has 0 radical (unpaired) electrons. The second-order valence-corrected chi connectivity index (χ2v) is 5.90. The van der Waals surface area contributed by atoms with Gasteiger partial charge in [0.15, 0.2) is 0 Å². The summed E-state index contributed by atoms with van der Waals surface area (Å²) in [6.45, 7) is 9.38. The van der Waals surface area contributed by atoms with Gasteiger partial charge in [-0.05, 0) is 31.9 Å². The number of para-hydroxylation sites is 1. The van der Waals surface area contributed by atoms with Crippen molar-refractivity contribution in [1.29, 1.82) is 5.26 Å². The van der Waals surface area contributed by atoms with Gasteiger partial charge in [0, 0.05) is 24.8 Å². The molecule has 0 unspecified atom stereocenters. The van der Waals surface area contributed by atoms with Crippen LogP contribution in [-0.4, -0.2) is 29.9 Å². The van der Waals surface area contributed by atoms with Crippen LogP contribution in [0.4, 0.5) is 5.69 Å². The number of anilines is 1. The van der Waals surface area contributed by atoms with Crippen LogP contribution in [0.25, 0.3) is 0 Å². The monoisotopic (exact) mass is 287 g/mol. The van der Waals surface area contributed by atoms with E-state index in [4.69, 9.17) is 5.26 Å². The Bertz CT molecular complexity index is 503. The van der Waals surface area contributed by atoms with Gasteiger partial charge in [0.05, 0.1) is 18.1 Å². The molecule has 1 aromatic rings. The normalized spacial score (nSPS) is 10.5. The minimum Gasteiger partial charge on any atom is -0.382 e. The van der Waals surface area contributed by atoms with Crippen LogP contribution in [0.3, 0.4) is 0 Å². The van der Waals surface area contributed by atoms with Crippen molar-refractivity contribution in [2.75, 3.05) is 18.4 Å². The van der Waals surface area contributed by atoms with Gasteiger partial charge < -0.3 is 10.2 Å². The van der Waals surface area contributed by atoms with Gasteiger partial charge in [-0.15, -0.1) is 0 Å². The van der Waals surface area contributed by atoms with E-state index >= 15 is 0 Å². The molecule has 4 nitrogen and oxygen atoms in total. The molecule has 21 heavy (non-hydrogen) atoms. The molecule has 0 heterocycles. The van der Waals surface area contributed by atoms with Crippen LogP contribution in [0.1, 0.15) is 44.5 Å². The first kappa shape index (κ1) is 17.0. The molecule has 1 amide bonds. The largest absolute Gasteiger partial charge is 0.382 e. The number of hydrogen-bond acceptors (Lipinski definition) is 3. The van der Waals surface area contributed by atoms with E-state index in [-0.39, 0.29) is 11.9 Å². The number of nitriles is 1. The Morgan fingerprint density at radius 1 is 1.29 bits per heavy atom. The molecule has 0 aliphatic rings. The molecule has 1 rings (SSSR count). The van der Waals surface area contributed by atoms with Gasteiger partial charge in [0.1, 0.15) is 0 Å². The smallest absolute Gasteiger partial charge is 0.255 e. The molecule has 0 saturated carbocycles. The maximum Gasteiger partial charge on any atom is 0.255 e. The third kappa shape index (κ3) is 5.47. The Labute approximate surface area is 127 Å². The maximum atomic E-state index is 12.8. The van der Waals surface area contributed by atoms with Crippen LogP contribution in [0.2, 0.25) is 0 Å². The minimum atomic E-state index is -0.0114. The fourth-order valence-electron chi connectivity index (χ4n) is 2.18. The quantitative estimate of drug-likeness (QED) is 0.834. The Balaban J connectivity index is 2.99. The Morgan fingerprint density at radius 2 is 1.95 bits per heavy atom. The number of benzene rings is 1. The topological polar surface area (TPSA) is 56.1 Å². The second-order valence-electron chi connectivity index (χ2n) is 5.90. The number of nitrogens with zero attached hydrogens (tertiary/aromatic N) is 2. The SMILES string of the molecule is CC(C)CN(CCC#N)C(=O)c1ccccc1NC(C)C. The molecule has 0 saturated heterocycles. The molecule has 0 spiro atoms. The van der Waals surface area contributed by atoms with Crippen molar-refractivity contribution < 1.29 is 4.79 Å². The fourth-order valence-corrected chi connectivity index (χ4v) is 2.18. The van der Waals surface area contributed by atoms with Crippen LogP contribution < -0.4 is 5.32 Å². The van der Waals surface area contributed by atoms with E-state index in [0.717, 1.165) is 5.69 Å². The highest BCUT2D eigenvalue weighted by Gasteiger charge is 2.19. The Kier molecular flexibility index (Phi) is 6.74. The van der Waals surface area contributed by atoms with Crippen molar-refractivity contribution in [1.82, 2.24) is 4.90 Å². The number of carbonyl (C=O) groups is 1. The third-order valence-electron chi connectivity index (χ3n) is 2.97. The predicted octanol–water partition coefficient (Wildman–Crippen LogP) is 3.52. The van der Waals surface area contributed by atoms with Gasteiger partial charge in [0.2, 0.25) is 0 Å². The average molecular weight is 287 g/mol. The van der Waals surface area contributed by atoms with Crippen molar-refractivity contribution in [3.05, 3.63) is 29.8 Å². The van der Waals surface area contributed by atoms with Gasteiger partial charge in [-0.25, -0.2) is 0 Å². The summed E-state index contributed by atoms with van der Waals surface area (Å²) in [5, 5.41) is 12.1. The zero-order valence-electron chi connectivity index (χ0n) is 13.4. The molecule has 1 aromatic carbocycles. The summed E-state index contributed by atoms with van der Waals surface area (Å²) in [6, 6.07) is 9.93. The number of carbonyl (C=O) groups excluding carboxylic acids is 1. The van der Waals surface area contributed by atoms with Crippen molar-refractivity contribution in [3.63, 3.8) is 0 Å². The van der Waals surface area contributed by atoms with Gasteiger partial charge >= 0.3 is 0 Å². The van der Waals surface area contributed by atoms with Crippen LogP contribution in [0.15, 0.2) is 24.3 Å². The lowest BCUT2D eigenvalue weighted by atomic mass is 10.1. The molecule has 0 aromatic heterocycles. The van der Waals surface area contributed by atoms with E-state index in [1.54, 1.807) is 4.90 Å². The van der Waals surface area contributed by atoms with Crippen LogP contribution in [0.5, 0.6) is 0 Å². The summed E-state index contributed by atoms with van der Waals surface area (Å²) in [4.78, 5) is 14.5. The second kappa shape index (κ2) is 8.31. The van der Waals surface area contributed by atoms with Crippen LogP contribution >= 0.6 is 0 Å². The lowest BCUT2D eigenvalue weighted by Crippen LogP contribution is -2.35. The summed E-state index contributed by atoms with van der Waals surface area (Å²) in [5.74, 6) is 0.362. The van der Waals surface area contributed by atoms with E-state index in [0.29, 0.717) is 31.0 Å². The molecule has 0 aliphatic carbocycles. The molecule has 1 N–H and O–H groups in total. The first-order valence-corrected chi connectivity index (χ1v) is 7.47. The van der Waals surface area contributed by atoms with E-state index < -0.39 is 0 Å². The summed E-state index contributed by atoms with van der Waals surface area (Å²) in [7, 11) is 0. The molecular weight excluding hydrogens is 262 g/mol. The molecule has 0 bridgehead atoms. The first-order valence-electron chi connectivity index (χ1n) is 7.47. The van der Waals surface area contributed by atoms with Crippen molar-refractivity contribution in [3.8, 4) is 6.07 Å². The number of rotatable bonds is 7. The lowest BCUT2D eigenvalue weighted by Gasteiger charge is -2.25. The zero-order valence-corrected chi connectivity index (χ0v) is 13.4. The number of amides is 1. The fraction of sp³-hybridized carbons (Fsp3) is 0.529. The van der Waals surface area contributed by atoms with Crippen LogP contribution in [0, 0.1) is 17.2 Å². The maximum absolute atomic E-state index is 12.8. The van der Waals surface area contributed by atoms with E-state index in [9.17, 15) is 4.79 Å². The summed E-state index contributed by atoms with van der Waals surface area (Å²) in [5.41, 5.74) is 1.52. The highest BCUT2D eigenvalue weighted by atomic mass is 16.2. The predicted molar refractivity (Wildman–Crippen MR) is 86.2 cm³/mol. The summed E-state index contributed by atoms with van der Waals surface area (Å²) >= 11 is 0. The number of hydrogen-bond donors (Lipinski definition) is 1. The lowest BCUT2D eigenvalue weighted by molar-refractivity contribution is 0.0741. The molecular formula is C17H25N3O. The summed E-state index contributed by atoms with van der Waals surface area (Å²) in [6.07, 6.45) is 0.359. The molecule has 0 fully saturated rings. The standard InChI is InChI=1S/C17H25N3O/c1-13(2)12-20(11-7-10-18)17(21)15-8-5-6-9-16(15)19-14(3)4/h5-6,8-9,13-14,19H,7,11-12H2,1-4H3. The van der Waals surface area contributed by atoms with Gasteiger partial charge in [-0.3, -0.25) is 4.79 Å². The molecule has 114 valence electrons. The molecule has 0 atom stereocenters. The zero-order chi connectivity index (χ0) is 15.8. The van der Waals surface area contributed by atoms with Crippen LogP contribution in [-0.2, 0) is 0 Å². The molecule has 4 heteroatoms.